The third-order valence-electron chi connectivity index (χ3n) is 3.77. The van der Waals surface area contributed by atoms with Crippen molar-refractivity contribution in [3.8, 4) is 0 Å². The Bertz CT molecular complexity index is 550. The molecule has 8 heteroatoms. The van der Waals surface area contributed by atoms with Gasteiger partial charge in [-0.2, -0.15) is 4.98 Å². The van der Waals surface area contributed by atoms with Crippen LogP contribution in [0.5, 0.6) is 0 Å². The third kappa shape index (κ3) is 4.76. The number of nitrogens with zero attached hydrogens (tertiary/aromatic N) is 3. The molecule has 2 heterocycles. The minimum Gasteiger partial charge on any atom is -0.338 e. The molecule has 0 aromatic carbocycles. The summed E-state index contributed by atoms with van der Waals surface area (Å²) in [6.45, 7) is 5.77. The monoisotopic (exact) mass is 316 g/mol. The number of hydrogen-bond donors (Lipinski definition) is 1. The summed E-state index contributed by atoms with van der Waals surface area (Å²) in [7, 11) is -3.13. The van der Waals surface area contributed by atoms with Gasteiger partial charge in [0.15, 0.2) is 5.82 Å². The Labute approximate surface area is 126 Å². The van der Waals surface area contributed by atoms with E-state index in [-0.39, 0.29) is 12.1 Å². The van der Waals surface area contributed by atoms with E-state index in [1.807, 2.05) is 6.92 Å². The van der Waals surface area contributed by atoms with Gasteiger partial charge in [-0.05, 0) is 26.2 Å². The standard InChI is InChI=1S/C13H24N4O3S/c1-4-5-12-14-13(20-15-12)10(2)17-8-6-11(7-9-17)16-21(3,18)19/h10-11,16H,4-9H2,1-3H3/t10-/m0/s1. The number of likely N-dealkylation sites (tertiary alicyclic amines) is 1. The Balaban J connectivity index is 1.88. The Morgan fingerprint density at radius 1 is 1.43 bits per heavy atom. The predicted octanol–water partition coefficient (Wildman–Crippen LogP) is 1.10. The van der Waals surface area contributed by atoms with Gasteiger partial charge in [-0.15, -0.1) is 0 Å². The number of aromatic nitrogens is 2. The lowest BCUT2D eigenvalue weighted by atomic mass is 10.0. The molecule has 0 radical (unpaired) electrons. The van der Waals surface area contributed by atoms with E-state index >= 15 is 0 Å². The minimum absolute atomic E-state index is 0.0294. The summed E-state index contributed by atoms with van der Waals surface area (Å²) in [5.41, 5.74) is 0. The molecular formula is C13H24N4O3S. The van der Waals surface area contributed by atoms with Crippen LogP contribution >= 0.6 is 0 Å². The average molecular weight is 316 g/mol. The molecule has 2 rings (SSSR count). The van der Waals surface area contributed by atoms with Crippen molar-refractivity contribution in [3.63, 3.8) is 0 Å². The van der Waals surface area contributed by atoms with Gasteiger partial charge in [-0.3, -0.25) is 4.90 Å². The first kappa shape index (κ1) is 16.4. The first-order valence-electron chi connectivity index (χ1n) is 7.43. The maximum atomic E-state index is 11.2. The first-order chi connectivity index (χ1) is 9.89. The molecule has 0 amide bonds. The highest BCUT2D eigenvalue weighted by atomic mass is 32.2. The maximum absolute atomic E-state index is 11.2. The second-order valence-electron chi connectivity index (χ2n) is 5.68. The SMILES string of the molecule is CCCc1noc([C@H](C)N2CCC(NS(C)(=O)=O)CC2)n1. The molecule has 21 heavy (non-hydrogen) atoms. The van der Waals surface area contributed by atoms with Crippen molar-refractivity contribution in [2.75, 3.05) is 19.3 Å². The molecule has 1 aliphatic heterocycles. The molecule has 1 saturated heterocycles. The van der Waals surface area contributed by atoms with Crippen LogP contribution in [0.3, 0.4) is 0 Å². The second-order valence-corrected chi connectivity index (χ2v) is 7.46. The zero-order chi connectivity index (χ0) is 15.5. The molecule has 1 fully saturated rings. The normalized spacial score (nSPS) is 19.8. The molecule has 0 aliphatic carbocycles. The lowest BCUT2D eigenvalue weighted by Crippen LogP contribution is -2.45. The van der Waals surface area contributed by atoms with Crippen molar-refractivity contribution in [2.45, 2.75) is 51.6 Å². The molecular weight excluding hydrogens is 292 g/mol. The quantitative estimate of drug-likeness (QED) is 0.845. The Morgan fingerprint density at radius 2 is 2.10 bits per heavy atom. The molecule has 1 aliphatic rings. The first-order valence-corrected chi connectivity index (χ1v) is 9.32. The van der Waals surface area contributed by atoms with Crippen molar-refractivity contribution in [3.05, 3.63) is 11.7 Å². The van der Waals surface area contributed by atoms with Crippen molar-refractivity contribution in [1.29, 1.82) is 0 Å². The van der Waals surface area contributed by atoms with E-state index in [1.54, 1.807) is 0 Å². The molecule has 0 saturated carbocycles. The van der Waals surface area contributed by atoms with Crippen LogP contribution in [0, 0.1) is 0 Å². The summed E-state index contributed by atoms with van der Waals surface area (Å²) in [6, 6.07) is 0.101. The van der Waals surface area contributed by atoms with Gasteiger partial charge in [-0.1, -0.05) is 12.1 Å². The summed E-state index contributed by atoms with van der Waals surface area (Å²) in [6.07, 6.45) is 4.63. The molecule has 0 unspecified atom stereocenters. The zero-order valence-electron chi connectivity index (χ0n) is 12.9. The number of nitrogens with one attached hydrogen (secondary N) is 1. The Kier molecular flexibility index (Phi) is 5.34. The number of rotatable bonds is 6. The average Bonchev–Trinajstić information content (AvgIpc) is 2.86. The highest BCUT2D eigenvalue weighted by molar-refractivity contribution is 7.88. The van der Waals surface area contributed by atoms with Crippen molar-refractivity contribution >= 4 is 10.0 Å². The van der Waals surface area contributed by atoms with E-state index in [0.717, 1.165) is 44.6 Å². The summed E-state index contributed by atoms with van der Waals surface area (Å²) < 4.78 is 30.5. The fraction of sp³-hybridized carbons (Fsp3) is 0.846. The molecule has 0 spiro atoms. The molecule has 1 N–H and O–H groups in total. The summed E-state index contributed by atoms with van der Waals surface area (Å²) in [5.74, 6) is 1.40. The molecule has 1 aromatic rings. The topological polar surface area (TPSA) is 88.3 Å². The van der Waals surface area contributed by atoms with Crippen LogP contribution in [0.2, 0.25) is 0 Å². The van der Waals surface area contributed by atoms with Crippen molar-refractivity contribution < 1.29 is 12.9 Å². The van der Waals surface area contributed by atoms with E-state index in [0.29, 0.717) is 5.89 Å². The van der Waals surface area contributed by atoms with Crippen LogP contribution in [-0.4, -0.2) is 48.8 Å². The summed E-state index contributed by atoms with van der Waals surface area (Å²) in [4.78, 5) is 6.68. The number of aryl methyl sites for hydroxylation is 1. The molecule has 1 aromatic heterocycles. The highest BCUT2D eigenvalue weighted by Gasteiger charge is 2.27. The van der Waals surface area contributed by atoms with Gasteiger partial charge in [0.2, 0.25) is 15.9 Å². The van der Waals surface area contributed by atoms with E-state index in [4.69, 9.17) is 4.52 Å². The van der Waals surface area contributed by atoms with Crippen LogP contribution in [-0.2, 0) is 16.4 Å². The van der Waals surface area contributed by atoms with Crippen molar-refractivity contribution in [1.82, 2.24) is 19.8 Å². The smallest absolute Gasteiger partial charge is 0.243 e. The molecule has 1 atom stereocenters. The number of piperidine rings is 1. The van der Waals surface area contributed by atoms with E-state index in [2.05, 4.69) is 26.7 Å². The Morgan fingerprint density at radius 3 is 2.67 bits per heavy atom. The van der Waals surface area contributed by atoms with Crippen LogP contribution in [0.1, 0.15) is 50.9 Å². The van der Waals surface area contributed by atoms with E-state index < -0.39 is 10.0 Å². The van der Waals surface area contributed by atoms with Gasteiger partial charge in [-0.25, -0.2) is 13.1 Å². The van der Waals surface area contributed by atoms with Crippen molar-refractivity contribution in [2.24, 2.45) is 0 Å². The molecule has 0 bridgehead atoms. The van der Waals surface area contributed by atoms with Gasteiger partial charge >= 0.3 is 0 Å². The minimum atomic E-state index is -3.13. The Hall–Kier alpha value is -0.990. The predicted molar refractivity (Wildman–Crippen MR) is 79.3 cm³/mol. The molecule has 120 valence electrons. The van der Waals surface area contributed by atoms with Crippen LogP contribution < -0.4 is 4.72 Å². The van der Waals surface area contributed by atoms with Crippen LogP contribution in [0.15, 0.2) is 4.52 Å². The van der Waals surface area contributed by atoms with Gasteiger partial charge in [0, 0.05) is 25.6 Å². The van der Waals surface area contributed by atoms with Gasteiger partial charge in [0.1, 0.15) is 0 Å². The zero-order valence-corrected chi connectivity index (χ0v) is 13.7. The fourth-order valence-corrected chi connectivity index (χ4v) is 3.47. The van der Waals surface area contributed by atoms with Gasteiger partial charge < -0.3 is 4.52 Å². The summed E-state index contributed by atoms with van der Waals surface area (Å²) in [5, 5.41) is 3.98. The van der Waals surface area contributed by atoms with Crippen LogP contribution in [0.4, 0.5) is 0 Å². The second kappa shape index (κ2) is 6.85. The number of sulfonamides is 1. The lowest BCUT2D eigenvalue weighted by Gasteiger charge is -2.34. The third-order valence-corrected chi connectivity index (χ3v) is 4.53. The number of hydrogen-bond acceptors (Lipinski definition) is 6. The maximum Gasteiger partial charge on any atom is 0.243 e. The highest BCUT2D eigenvalue weighted by Crippen LogP contribution is 2.23. The van der Waals surface area contributed by atoms with Crippen LogP contribution in [0.25, 0.3) is 0 Å². The lowest BCUT2D eigenvalue weighted by molar-refractivity contribution is 0.134. The summed E-state index contributed by atoms with van der Waals surface area (Å²) >= 11 is 0. The van der Waals surface area contributed by atoms with E-state index in [9.17, 15) is 8.42 Å². The van der Waals surface area contributed by atoms with Gasteiger partial charge in [0.25, 0.3) is 0 Å². The largest absolute Gasteiger partial charge is 0.338 e. The van der Waals surface area contributed by atoms with E-state index in [1.165, 1.54) is 6.26 Å². The molecule has 7 nitrogen and oxygen atoms in total. The fourth-order valence-electron chi connectivity index (χ4n) is 2.63. The van der Waals surface area contributed by atoms with Gasteiger partial charge in [0.05, 0.1) is 12.3 Å².